The highest BCUT2D eigenvalue weighted by Crippen LogP contribution is 2.29. The second kappa shape index (κ2) is 6.72. The minimum absolute atomic E-state index is 0.0107. The number of halogens is 1. The minimum atomic E-state index is -0.263. The van der Waals surface area contributed by atoms with Crippen molar-refractivity contribution in [3.63, 3.8) is 0 Å². The molecule has 0 spiro atoms. The predicted molar refractivity (Wildman–Crippen MR) is 104 cm³/mol. The Balaban J connectivity index is 1.50. The van der Waals surface area contributed by atoms with Crippen molar-refractivity contribution in [2.75, 3.05) is 13.2 Å². The van der Waals surface area contributed by atoms with Gasteiger partial charge in [-0.05, 0) is 50.1 Å². The van der Waals surface area contributed by atoms with Crippen molar-refractivity contribution >= 4 is 16.8 Å². The van der Waals surface area contributed by atoms with Crippen molar-refractivity contribution in [2.45, 2.75) is 33.7 Å². The van der Waals surface area contributed by atoms with Crippen molar-refractivity contribution < 1.29 is 13.9 Å². The Morgan fingerprint density at radius 3 is 2.67 bits per heavy atom. The molecular formula is C22H23FN2O2. The van der Waals surface area contributed by atoms with Crippen LogP contribution in [0.5, 0.6) is 5.75 Å². The van der Waals surface area contributed by atoms with E-state index in [9.17, 15) is 9.18 Å². The molecule has 4 rings (SSSR count). The molecule has 1 aliphatic rings. The monoisotopic (exact) mass is 366 g/mol. The van der Waals surface area contributed by atoms with Crippen molar-refractivity contribution in [1.29, 1.82) is 0 Å². The summed E-state index contributed by atoms with van der Waals surface area (Å²) < 4.78 is 19.5. The van der Waals surface area contributed by atoms with Gasteiger partial charge >= 0.3 is 0 Å². The highest BCUT2D eigenvalue weighted by molar-refractivity contribution is 5.86. The molecule has 1 amide bonds. The number of hydrogen-bond donors (Lipinski definition) is 1. The topological polar surface area (TPSA) is 45.3 Å². The molecule has 140 valence electrons. The zero-order valence-electron chi connectivity index (χ0n) is 15.9. The number of fused-ring (bicyclic) bond motifs is 3. The molecule has 1 N–H and O–H groups in total. The van der Waals surface area contributed by atoms with Crippen molar-refractivity contribution in [3.8, 4) is 5.75 Å². The number of aryl methyl sites for hydroxylation is 3. The molecule has 0 unspecified atom stereocenters. The van der Waals surface area contributed by atoms with Gasteiger partial charge in [-0.1, -0.05) is 17.7 Å². The van der Waals surface area contributed by atoms with Crippen LogP contribution in [0.4, 0.5) is 4.39 Å². The number of aromatic nitrogens is 1. The van der Waals surface area contributed by atoms with Crippen LogP contribution in [0.2, 0.25) is 0 Å². The summed E-state index contributed by atoms with van der Waals surface area (Å²) in [6, 6.07) is 8.85. The van der Waals surface area contributed by atoms with Crippen LogP contribution in [-0.4, -0.2) is 28.9 Å². The van der Waals surface area contributed by atoms with Gasteiger partial charge in [0.25, 0.3) is 5.91 Å². The Kier molecular flexibility index (Phi) is 4.38. The van der Waals surface area contributed by atoms with E-state index in [0.29, 0.717) is 13.1 Å². The molecule has 0 atom stereocenters. The highest BCUT2D eigenvalue weighted by Gasteiger charge is 2.24. The lowest BCUT2D eigenvalue weighted by atomic mass is 10.0. The van der Waals surface area contributed by atoms with Gasteiger partial charge in [-0.3, -0.25) is 4.79 Å². The van der Waals surface area contributed by atoms with Crippen LogP contribution in [0.3, 0.4) is 0 Å². The van der Waals surface area contributed by atoms with E-state index in [1.807, 2.05) is 20.8 Å². The number of nitrogens with one attached hydrogen (secondary N) is 1. The fraction of sp³-hybridized carbons (Fsp3) is 0.318. The summed E-state index contributed by atoms with van der Waals surface area (Å²) in [5.74, 6) is 0.466. The molecular weight excluding hydrogens is 343 g/mol. The first-order valence-corrected chi connectivity index (χ1v) is 9.20. The first-order chi connectivity index (χ1) is 12.9. The second-order valence-corrected chi connectivity index (χ2v) is 7.35. The second-order valence-electron chi connectivity index (χ2n) is 7.35. The number of aromatic amines is 1. The summed E-state index contributed by atoms with van der Waals surface area (Å²) in [5, 5.41) is 0.855. The van der Waals surface area contributed by atoms with Gasteiger partial charge in [0, 0.05) is 41.7 Å². The minimum Gasteiger partial charge on any atom is -0.483 e. The molecule has 0 saturated carbocycles. The summed E-state index contributed by atoms with van der Waals surface area (Å²) in [7, 11) is 0. The molecule has 0 bridgehead atoms. The normalized spacial score (nSPS) is 13.7. The molecule has 2 aromatic carbocycles. The number of amides is 1. The van der Waals surface area contributed by atoms with Gasteiger partial charge in [0.2, 0.25) is 0 Å². The molecule has 0 radical (unpaired) electrons. The number of ether oxygens (including phenoxy) is 1. The van der Waals surface area contributed by atoms with Gasteiger partial charge in [-0.2, -0.15) is 0 Å². The molecule has 4 nitrogen and oxygen atoms in total. The quantitative estimate of drug-likeness (QED) is 0.755. The fourth-order valence-electron chi connectivity index (χ4n) is 4.02. The third-order valence-corrected chi connectivity index (χ3v) is 5.23. The van der Waals surface area contributed by atoms with E-state index in [4.69, 9.17) is 4.74 Å². The van der Waals surface area contributed by atoms with Gasteiger partial charge < -0.3 is 14.6 Å². The van der Waals surface area contributed by atoms with Crippen LogP contribution in [-0.2, 0) is 17.8 Å². The van der Waals surface area contributed by atoms with E-state index in [1.54, 1.807) is 11.0 Å². The van der Waals surface area contributed by atoms with Crippen LogP contribution >= 0.6 is 0 Å². The van der Waals surface area contributed by atoms with Gasteiger partial charge in [-0.25, -0.2) is 4.39 Å². The van der Waals surface area contributed by atoms with Gasteiger partial charge in [0.1, 0.15) is 11.6 Å². The van der Waals surface area contributed by atoms with Crippen molar-refractivity contribution in [3.05, 3.63) is 64.1 Å². The molecule has 0 aliphatic carbocycles. The first-order valence-electron chi connectivity index (χ1n) is 9.20. The summed E-state index contributed by atoms with van der Waals surface area (Å²) in [4.78, 5) is 17.8. The van der Waals surface area contributed by atoms with E-state index < -0.39 is 0 Å². The van der Waals surface area contributed by atoms with E-state index in [-0.39, 0.29) is 18.3 Å². The zero-order chi connectivity index (χ0) is 19.1. The Bertz CT molecular complexity index is 1020. The van der Waals surface area contributed by atoms with Crippen LogP contribution in [0, 0.1) is 26.6 Å². The molecule has 1 aromatic heterocycles. The average Bonchev–Trinajstić information content (AvgIpc) is 2.97. The summed E-state index contributed by atoms with van der Waals surface area (Å²) >= 11 is 0. The Labute approximate surface area is 157 Å². The van der Waals surface area contributed by atoms with Crippen molar-refractivity contribution in [1.82, 2.24) is 9.88 Å². The lowest BCUT2D eigenvalue weighted by molar-refractivity contribution is -0.134. The van der Waals surface area contributed by atoms with Crippen LogP contribution < -0.4 is 4.74 Å². The molecule has 3 aromatic rings. The fourth-order valence-corrected chi connectivity index (χ4v) is 4.02. The van der Waals surface area contributed by atoms with Crippen molar-refractivity contribution in [2.24, 2.45) is 0 Å². The highest BCUT2D eigenvalue weighted by atomic mass is 19.1. The van der Waals surface area contributed by atoms with E-state index in [0.717, 1.165) is 45.5 Å². The summed E-state index contributed by atoms with van der Waals surface area (Å²) in [5.41, 5.74) is 6.26. The van der Waals surface area contributed by atoms with Crippen LogP contribution in [0.15, 0.2) is 30.3 Å². The summed E-state index contributed by atoms with van der Waals surface area (Å²) in [6.45, 7) is 7.16. The van der Waals surface area contributed by atoms with E-state index in [2.05, 4.69) is 17.1 Å². The number of carbonyl (C=O) groups is 1. The number of carbonyl (C=O) groups excluding carboxylic acids is 1. The van der Waals surface area contributed by atoms with Gasteiger partial charge in [-0.15, -0.1) is 0 Å². The third-order valence-electron chi connectivity index (χ3n) is 5.23. The van der Waals surface area contributed by atoms with Crippen LogP contribution in [0.1, 0.15) is 27.9 Å². The number of nitrogens with zero attached hydrogens (tertiary/aromatic N) is 1. The number of hydrogen-bond acceptors (Lipinski definition) is 2. The van der Waals surface area contributed by atoms with Gasteiger partial charge in [0.15, 0.2) is 6.61 Å². The number of H-pyrrole nitrogens is 1. The molecule has 0 saturated heterocycles. The SMILES string of the molecule is Cc1cc(C)c(OCC(=O)N2CCc3[nH]c4ccc(F)cc4c3C2)c(C)c1. The predicted octanol–water partition coefficient (Wildman–Crippen LogP) is 4.20. The zero-order valence-corrected chi connectivity index (χ0v) is 15.9. The molecule has 1 aliphatic heterocycles. The van der Waals surface area contributed by atoms with Gasteiger partial charge in [0.05, 0.1) is 0 Å². The van der Waals surface area contributed by atoms with E-state index >= 15 is 0 Å². The summed E-state index contributed by atoms with van der Waals surface area (Å²) in [6.07, 6.45) is 0.736. The lowest BCUT2D eigenvalue weighted by Crippen LogP contribution is -2.38. The Morgan fingerprint density at radius 1 is 1.19 bits per heavy atom. The molecule has 2 heterocycles. The maximum Gasteiger partial charge on any atom is 0.260 e. The molecule has 0 fully saturated rings. The van der Waals surface area contributed by atoms with E-state index in [1.165, 1.54) is 17.7 Å². The average molecular weight is 366 g/mol. The molecule has 27 heavy (non-hydrogen) atoms. The standard InChI is InChI=1S/C22H23FN2O2/c1-13-8-14(2)22(15(3)9-13)27-12-21(26)25-7-6-20-18(11-25)17-10-16(23)4-5-19(17)24-20/h4-5,8-10,24H,6-7,11-12H2,1-3H3. The number of rotatable bonds is 3. The molecule has 5 heteroatoms. The smallest absolute Gasteiger partial charge is 0.260 e. The number of benzene rings is 2. The maximum absolute atomic E-state index is 13.6. The maximum atomic E-state index is 13.6. The largest absolute Gasteiger partial charge is 0.483 e. The first kappa shape index (κ1) is 17.6. The lowest BCUT2D eigenvalue weighted by Gasteiger charge is -2.27. The van der Waals surface area contributed by atoms with Crippen LogP contribution in [0.25, 0.3) is 10.9 Å². The Morgan fingerprint density at radius 2 is 1.93 bits per heavy atom. The third kappa shape index (κ3) is 3.29. The Hall–Kier alpha value is -2.82.